The first-order chi connectivity index (χ1) is 17.3. The maximum Gasteiger partial charge on any atom is 0.246 e. The molecule has 5 atom stereocenters. The number of nitrogens with zero attached hydrogens (tertiary/aromatic N) is 2. The Morgan fingerprint density at radius 3 is 2.81 bits per heavy atom. The molecule has 2 bridgehead atoms. The van der Waals surface area contributed by atoms with Gasteiger partial charge in [0.15, 0.2) is 11.5 Å². The van der Waals surface area contributed by atoms with Crippen LogP contribution < -0.4 is 4.74 Å². The van der Waals surface area contributed by atoms with Gasteiger partial charge in [0.05, 0.1) is 35.2 Å². The van der Waals surface area contributed by atoms with Gasteiger partial charge in [-0.2, -0.15) is 0 Å². The Bertz CT molecular complexity index is 1250. The number of carbonyl (C=O) groups is 1. The molecule has 2 saturated carbocycles. The smallest absolute Gasteiger partial charge is 0.246 e. The molecular formula is C28H32N2O6. The van der Waals surface area contributed by atoms with E-state index in [1.165, 1.54) is 6.08 Å². The Kier molecular flexibility index (Phi) is 4.58. The van der Waals surface area contributed by atoms with Crippen molar-refractivity contribution in [1.29, 1.82) is 0 Å². The number of likely N-dealkylation sites (N-methyl/N-ethyl adjacent to an activating group) is 1. The monoisotopic (exact) mass is 492 g/mol. The van der Waals surface area contributed by atoms with Crippen molar-refractivity contribution in [3.8, 4) is 11.5 Å². The van der Waals surface area contributed by atoms with Crippen LogP contribution in [0.1, 0.15) is 48.8 Å². The fourth-order valence-electron chi connectivity index (χ4n) is 7.69. The number of rotatable bonds is 5. The van der Waals surface area contributed by atoms with E-state index in [9.17, 15) is 20.1 Å². The molecule has 1 amide bonds. The highest BCUT2D eigenvalue weighted by Gasteiger charge is 2.73. The molecule has 36 heavy (non-hydrogen) atoms. The van der Waals surface area contributed by atoms with Crippen molar-refractivity contribution in [3.63, 3.8) is 0 Å². The SMILES string of the molecule is CN(C(=O)/C=C/c1ccoc1)[C@@H]1CC[C@@]2(O)[C@H]3Cc4ccc(O)c5c4[C@@]2(CCN3CC2(O)CC2)[C@H]1O5. The minimum absolute atomic E-state index is 0.0839. The molecule has 3 fully saturated rings. The fourth-order valence-corrected chi connectivity index (χ4v) is 7.69. The average Bonchev–Trinajstić information content (AvgIpc) is 3.22. The van der Waals surface area contributed by atoms with Crippen LogP contribution in [0.3, 0.4) is 0 Å². The van der Waals surface area contributed by atoms with E-state index >= 15 is 0 Å². The number of aromatic hydroxyl groups is 1. The van der Waals surface area contributed by atoms with E-state index < -0.39 is 22.7 Å². The van der Waals surface area contributed by atoms with E-state index in [2.05, 4.69) is 4.90 Å². The number of phenolic OH excluding ortho intramolecular Hbond substituents is 1. The number of likely N-dealkylation sites (tertiary alicyclic amines) is 1. The number of hydrogen-bond donors (Lipinski definition) is 3. The molecule has 8 heteroatoms. The van der Waals surface area contributed by atoms with Crippen molar-refractivity contribution in [3.05, 3.63) is 53.5 Å². The maximum absolute atomic E-state index is 13.2. The summed E-state index contributed by atoms with van der Waals surface area (Å²) in [6.45, 7) is 1.30. The van der Waals surface area contributed by atoms with Crippen molar-refractivity contribution in [2.24, 2.45) is 0 Å². The van der Waals surface area contributed by atoms with Crippen LogP contribution in [0.4, 0.5) is 0 Å². The molecule has 7 rings (SSSR count). The lowest BCUT2D eigenvalue weighted by Crippen LogP contribution is -2.78. The van der Waals surface area contributed by atoms with E-state index in [0.717, 1.165) is 36.1 Å². The third-order valence-electron chi connectivity index (χ3n) is 9.67. The summed E-state index contributed by atoms with van der Waals surface area (Å²) in [5.74, 6) is 0.402. The average molecular weight is 493 g/mol. The summed E-state index contributed by atoms with van der Waals surface area (Å²) in [5.41, 5.74) is 0.399. The Morgan fingerprint density at radius 2 is 2.06 bits per heavy atom. The van der Waals surface area contributed by atoms with Crippen molar-refractivity contribution in [2.45, 2.75) is 73.3 Å². The molecule has 1 aromatic carbocycles. The van der Waals surface area contributed by atoms with E-state index in [0.29, 0.717) is 38.0 Å². The molecule has 8 nitrogen and oxygen atoms in total. The van der Waals surface area contributed by atoms with Gasteiger partial charge < -0.3 is 29.4 Å². The first kappa shape index (κ1) is 22.4. The summed E-state index contributed by atoms with van der Waals surface area (Å²) in [4.78, 5) is 17.2. The van der Waals surface area contributed by atoms with Gasteiger partial charge in [0.25, 0.3) is 0 Å². The lowest BCUT2D eigenvalue weighted by Gasteiger charge is -2.64. The number of hydrogen-bond acceptors (Lipinski definition) is 7. The molecule has 3 heterocycles. The summed E-state index contributed by atoms with van der Waals surface area (Å²) in [7, 11) is 1.79. The molecule has 3 N–H and O–H groups in total. The number of piperidine rings is 1. The second kappa shape index (κ2) is 7.37. The second-order valence-electron chi connectivity index (χ2n) is 11.5. The topological polar surface area (TPSA) is 107 Å². The van der Waals surface area contributed by atoms with E-state index in [1.807, 2.05) is 6.07 Å². The highest BCUT2D eigenvalue weighted by atomic mass is 16.5. The van der Waals surface area contributed by atoms with Gasteiger partial charge in [-0.25, -0.2) is 0 Å². The number of aliphatic hydroxyl groups is 2. The third kappa shape index (κ3) is 2.89. The van der Waals surface area contributed by atoms with Crippen LogP contribution in [0, 0.1) is 0 Å². The quantitative estimate of drug-likeness (QED) is 0.550. The summed E-state index contributed by atoms with van der Waals surface area (Å²) in [6, 6.07) is 5.02. The highest BCUT2D eigenvalue weighted by Crippen LogP contribution is 2.66. The van der Waals surface area contributed by atoms with Crippen LogP contribution >= 0.6 is 0 Å². The van der Waals surface area contributed by atoms with Crippen LogP contribution in [0.5, 0.6) is 11.5 Å². The molecule has 2 aromatic rings. The molecule has 1 saturated heterocycles. The van der Waals surface area contributed by atoms with Gasteiger partial charge in [0.1, 0.15) is 6.10 Å². The van der Waals surface area contributed by atoms with Gasteiger partial charge in [-0.1, -0.05) is 6.07 Å². The van der Waals surface area contributed by atoms with Crippen LogP contribution in [0.2, 0.25) is 0 Å². The van der Waals surface area contributed by atoms with Gasteiger partial charge >= 0.3 is 0 Å². The summed E-state index contributed by atoms with van der Waals surface area (Å²) in [6.07, 6.45) is 9.97. The van der Waals surface area contributed by atoms with Crippen LogP contribution in [-0.2, 0) is 16.6 Å². The van der Waals surface area contributed by atoms with E-state index in [4.69, 9.17) is 9.15 Å². The molecule has 5 aliphatic rings. The minimum Gasteiger partial charge on any atom is -0.504 e. The lowest BCUT2D eigenvalue weighted by molar-refractivity contribution is -0.202. The van der Waals surface area contributed by atoms with Gasteiger partial charge in [0.2, 0.25) is 5.91 Å². The first-order valence-electron chi connectivity index (χ1n) is 12.9. The van der Waals surface area contributed by atoms with Gasteiger partial charge in [0, 0.05) is 36.8 Å². The Balaban J connectivity index is 1.28. The van der Waals surface area contributed by atoms with Crippen LogP contribution in [0.15, 0.2) is 41.2 Å². The minimum atomic E-state index is -1.07. The number of ether oxygens (including phenoxy) is 1. The molecule has 0 radical (unpaired) electrons. The number of amides is 1. The number of carbonyl (C=O) groups excluding carboxylic acids is 1. The highest BCUT2D eigenvalue weighted by molar-refractivity contribution is 5.92. The first-order valence-corrected chi connectivity index (χ1v) is 12.9. The zero-order chi connectivity index (χ0) is 24.9. The Morgan fingerprint density at radius 1 is 1.22 bits per heavy atom. The van der Waals surface area contributed by atoms with E-state index in [-0.39, 0.29) is 23.7 Å². The Labute approximate surface area is 209 Å². The van der Waals surface area contributed by atoms with E-state index in [1.54, 1.807) is 42.7 Å². The molecule has 3 aliphatic carbocycles. The van der Waals surface area contributed by atoms with Crippen molar-refractivity contribution in [1.82, 2.24) is 9.80 Å². The standard InChI is InChI=1S/C28H32N2O6/c1-29(22(32)5-2-17-7-13-35-15-17)19-6-8-28(34)21-14-18-3-4-20(31)24-23(18)27(28,25(19)36-24)11-12-30(21)16-26(33)9-10-26/h2-5,7,13,15,19,21,25,31,33-34H,6,8-12,14,16H2,1H3/b5-2+/t19-,21-,25+,27+,28-/m1/s1. The summed E-state index contributed by atoms with van der Waals surface area (Å²) < 4.78 is 11.6. The zero-order valence-electron chi connectivity index (χ0n) is 20.4. The molecule has 190 valence electrons. The van der Waals surface area contributed by atoms with Gasteiger partial charge in [-0.3, -0.25) is 9.69 Å². The predicted octanol–water partition coefficient (Wildman–Crippen LogP) is 2.20. The van der Waals surface area contributed by atoms with Crippen molar-refractivity contribution < 1.29 is 29.3 Å². The largest absolute Gasteiger partial charge is 0.504 e. The third-order valence-corrected chi connectivity index (χ3v) is 9.67. The predicted molar refractivity (Wildman–Crippen MR) is 131 cm³/mol. The van der Waals surface area contributed by atoms with Crippen LogP contribution in [-0.4, -0.2) is 80.6 Å². The number of furan rings is 1. The molecule has 2 aliphatic heterocycles. The molecular weight excluding hydrogens is 460 g/mol. The van der Waals surface area contributed by atoms with Crippen molar-refractivity contribution in [2.75, 3.05) is 20.1 Å². The van der Waals surface area contributed by atoms with Gasteiger partial charge in [-0.05, 0) is 68.8 Å². The summed E-state index contributed by atoms with van der Waals surface area (Å²) in [5, 5.41) is 34.0. The molecule has 1 spiro atoms. The number of β-amino-alcohol motifs (C(OH)–C–C–N with tert-alkyl or cyclic N) is 1. The number of benzene rings is 1. The maximum atomic E-state index is 13.2. The molecule has 1 aromatic heterocycles. The normalized spacial score (nSPS) is 35.4. The fraction of sp³-hybridized carbons (Fsp3) is 0.536. The second-order valence-corrected chi connectivity index (χ2v) is 11.5. The summed E-state index contributed by atoms with van der Waals surface area (Å²) >= 11 is 0. The van der Waals surface area contributed by atoms with Crippen molar-refractivity contribution >= 4 is 12.0 Å². The Hall–Kier alpha value is -2.81. The number of phenols is 1. The van der Waals surface area contributed by atoms with Crippen LogP contribution in [0.25, 0.3) is 6.08 Å². The zero-order valence-corrected chi connectivity index (χ0v) is 20.4. The van der Waals surface area contributed by atoms with Gasteiger partial charge in [-0.15, -0.1) is 0 Å². The molecule has 0 unspecified atom stereocenters. The lowest BCUT2D eigenvalue weighted by atomic mass is 9.48.